The Morgan fingerprint density at radius 3 is 2.09 bits per heavy atom. The Morgan fingerprint density at radius 1 is 0.971 bits per heavy atom. The second kappa shape index (κ2) is 10.8. The summed E-state index contributed by atoms with van der Waals surface area (Å²) in [5.41, 5.74) is 5.75. The molecule has 0 radical (unpaired) electrons. The maximum absolute atomic E-state index is 6.71. The first kappa shape index (κ1) is 23.9. The number of pyridine rings is 1. The molecule has 0 unspecified atom stereocenters. The molecule has 0 fully saturated rings. The van der Waals surface area contributed by atoms with E-state index in [1.54, 1.807) is 0 Å². The standard InChI is InChI=1S/C27H30ClN5O/c1-5-34-18-23-29-24-25(33(23)31-19(2)3)20(4)26(28)30-27(24)32(16-21-12-8-6-9-13-21)17-22-14-10-7-11-15-22/h6-15H,5,16-18H2,1-4H3. The van der Waals surface area contributed by atoms with Crippen molar-refractivity contribution in [3.05, 3.63) is 88.3 Å². The molecule has 4 rings (SSSR count). The van der Waals surface area contributed by atoms with Crippen LogP contribution in [0.3, 0.4) is 0 Å². The predicted octanol–water partition coefficient (Wildman–Crippen LogP) is 6.38. The largest absolute Gasteiger partial charge is 0.374 e. The monoisotopic (exact) mass is 475 g/mol. The van der Waals surface area contributed by atoms with Crippen LogP contribution in [0.2, 0.25) is 5.15 Å². The highest BCUT2D eigenvalue weighted by Gasteiger charge is 2.23. The third-order valence-electron chi connectivity index (χ3n) is 5.47. The Labute approximate surface area is 205 Å². The Kier molecular flexibility index (Phi) is 7.60. The van der Waals surface area contributed by atoms with Gasteiger partial charge in [0.25, 0.3) is 0 Å². The van der Waals surface area contributed by atoms with Crippen molar-refractivity contribution in [1.29, 1.82) is 0 Å². The first-order chi connectivity index (χ1) is 16.5. The third-order valence-corrected chi connectivity index (χ3v) is 5.84. The SMILES string of the molecule is CCOCc1nc2c(N(Cc3ccccc3)Cc3ccccc3)nc(Cl)c(C)c2n1N=C(C)C. The zero-order chi connectivity index (χ0) is 24.1. The molecule has 176 valence electrons. The molecule has 0 aliphatic heterocycles. The van der Waals surface area contributed by atoms with Gasteiger partial charge in [-0.3, -0.25) is 0 Å². The molecule has 2 aromatic heterocycles. The molecule has 0 aliphatic rings. The topological polar surface area (TPSA) is 55.5 Å². The number of aromatic nitrogens is 3. The Hall–Kier alpha value is -3.22. The van der Waals surface area contributed by atoms with E-state index in [1.165, 1.54) is 11.1 Å². The van der Waals surface area contributed by atoms with Gasteiger partial charge in [-0.1, -0.05) is 72.3 Å². The predicted molar refractivity (Wildman–Crippen MR) is 140 cm³/mol. The fourth-order valence-electron chi connectivity index (χ4n) is 3.91. The van der Waals surface area contributed by atoms with Crippen molar-refractivity contribution in [2.75, 3.05) is 11.5 Å². The summed E-state index contributed by atoms with van der Waals surface area (Å²) in [5, 5.41) is 5.20. The molecule has 0 saturated carbocycles. The fraction of sp³-hybridized carbons (Fsp3) is 0.296. The third kappa shape index (κ3) is 5.29. The lowest BCUT2D eigenvalue weighted by Crippen LogP contribution is -2.23. The number of rotatable bonds is 9. The molecule has 0 atom stereocenters. The van der Waals surface area contributed by atoms with Crippen LogP contribution in [-0.2, 0) is 24.4 Å². The lowest BCUT2D eigenvalue weighted by Gasteiger charge is -2.25. The number of anilines is 1. The van der Waals surface area contributed by atoms with E-state index in [9.17, 15) is 0 Å². The van der Waals surface area contributed by atoms with Gasteiger partial charge in [0.1, 0.15) is 22.8 Å². The summed E-state index contributed by atoms with van der Waals surface area (Å²) in [4.78, 5) is 12.0. The van der Waals surface area contributed by atoms with E-state index in [1.807, 2.05) is 44.5 Å². The van der Waals surface area contributed by atoms with Gasteiger partial charge in [0.05, 0.1) is 0 Å². The van der Waals surface area contributed by atoms with E-state index in [-0.39, 0.29) is 0 Å². The van der Waals surface area contributed by atoms with Crippen molar-refractivity contribution in [1.82, 2.24) is 14.6 Å². The van der Waals surface area contributed by atoms with Gasteiger partial charge in [-0.25, -0.2) is 14.6 Å². The van der Waals surface area contributed by atoms with Crippen LogP contribution in [0.4, 0.5) is 5.82 Å². The molecule has 0 amide bonds. The van der Waals surface area contributed by atoms with E-state index < -0.39 is 0 Å². The second-order valence-electron chi connectivity index (χ2n) is 8.40. The molecular weight excluding hydrogens is 446 g/mol. The summed E-state index contributed by atoms with van der Waals surface area (Å²) in [5.74, 6) is 1.46. The van der Waals surface area contributed by atoms with Crippen molar-refractivity contribution in [2.24, 2.45) is 5.10 Å². The summed E-state index contributed by atoms with van der Waals surface area (Å²) in [6.07, 6.45) is 0. The Morgan fingerprint density at radius 2 is 1.56 bits per heavy atom. The lowest BCUT2D eigenvalue weighted by atomic mass is 10.1. The number of halogens is 1. The minimum Gasteiger partial charge on any atom is -0.374 e. The molecule has 6 nitrogen and oxygen atoms in total. The quantitative estimate of drug-likeness (QED) is 0.208. The normalized spacial score (nSPS) is 11.1. The van der Waals surface area contributed by atoms with E-state index in [0.717, 1.165) is 34.0 Å². The number of fused-ring (bicyclic) bond motifs is 1. The lowest BCUT2D eigenvalue weighted by molar-refractivity contribution is 0.126. The molecule has 4 aromatic rings. The van der Waals surface area contributed by atoms with Crippen molar-refractivity contribution in [2.45, 2.75) is 47.4 Å². The summed E-state index contributed by atoms with van der Waals surface area (Å²) < 4.78 is 7.57. The van der Waals surface area contributed by atoms with Crippen LogP contribution in [0.5, 0.6) is 0 Å². The molecule has 0 spiro atoms. The molecule has 2 aromatic carbocycles. The van der Waals surface area contributed by atoms with Crippen LogP contribution in [-0.4, -0.2) is 27.0 Å². The van der Waals surface area contributed by atoms with Gasteiger partial charge in [0.15, 0.2) is 11.6 Å². The zero-order valence-electron chi connectivity index (χ0n) is 20.1. The molecule has 34 heavy (non-hydrogen) atoms. The van der Waals surface area contributed by atoms with E-state index in [2.05, 4.69) is 53.4 Å². The van der Waals surface area contributed by atoms with Gasteiger partial charge in [-0.15, -0.1) is 0 Å². The van der Waals surface area contributed by atoms with Gasteiger partial charge in [0.2, 0.25) is 0 Å². The number of imidazole rings is 1. The number of hydrogen-bond acceptors (Lipinski definition) is 5. The number of benzene rings is 2. The highest BCUT2D eigenvalue weighted by atomic mass is 35.5. The molecule has 0 N–H and O–H groups in total. The summed E-state index contributed by atoms with van der Waals surface area (Å²) in [7, 11) is 0. The maximum Gasteiger partial charge on any atom is 0.159 e. The number of ether oxygens (including phenoxy) is 1. The van der Waals surface area contributed by atoms with Gasteiger partial charge >= 0.3 is 0 Å². The molecule has 7 heteroatoms. The van der Waals surface area contributed by atoms with Crippen molar-refractivity contribution >= 4 is 34.2 Å². The highest BCUT2D eigenvalue weighted by molar-refractivity contribution is 6.31. The summed E-state index contributed by atoms with van der Waals surface area (Å²) in [6.45, 7) is 10.1. The zero-order valence-corrected chi connectivity index (χ0v) is 20.9. The minimum absolute atomic E-state index is 0.357. The average molecular weight is 476 g/mol. The molecule has 2 heterocycles. The second-order valence-corrected chi connectivity index (χ2v) is 8.76. The number of aryl methyl sites for hydroxylation is 1. The van der Waals surface area contributed by atoms with Crippen LogP contribution in [0.25, 0.3) is 11.0 Å². The number of hydrogen-bond donors (Lipinski definition) is 0. The highest BCUT2D eigenvalue weighted by Crippen LogP contribution is 2.34. The van der Waals surface area contributed by atoms with Crippen molar-refractivity contribution < 1.29 is 4.74 Å². The van der Waals surface area contributed by atoms with Gasteiger partial charge in [-0.2, -0.15) is 5.10 Å². The van der Waals surface area contributed by atoms with E-state index in [0.29, 0.717) is 31.5 Å². The van der Waals surface area contributed by atoms with Crippen molar-refractivity contribution in [3.8, 4) is 0 Å². The fourth-order valence-corrected chi connectivity index (χ4v) is 4.08. The average Bonchev–Trinajstić information content (AvgIpc) is 3.18. The molecule has 0 aliphatic carbocycles. The van der Waals surface area contributed by atoms with Crippen LogP contribution in [0, 0.1) is 6.92 Å². The summed E-state index contributed by atoms with van der Waals surface area (Å²) >= 11 is 6.71. The van der Waals surface area contributed by atoms with E-state index >= 15 is 0 Å². The molecule has 0 bridgehead atoms. The minimum atomic E-state index is 0.357. The first-order valence-corrected chi connectivity index (χ1v) is 11.9. The van der Waals surface area contributed by atoms with Gasteiger partial charge in [-0.05, 0) is 38.8 Å². The first-order valence-electron chi connectivity index (χ1n) is 11.5. The molecule has 0 saturated heterocycles. The van der Waals surface area contributed by atoms with Gasteiger partial charge in [0, 0.05) is 31.0 Å². The van der Waals surface area contributed by atoms with Gasteiger partial charge < -0.3 is 9.64 Å². The smallest absolute Gasteiger partial charge is 0.159 e. The van der Waals surface area contributed by atoms with Crippen LogP contribution < -0.4 is 4.90 Å². The Bertz CT molecular complexity index is 1240. The Balaban J connectivity index is 1.91. The number of nitrogens with zero attached hydrogens (tertiary/aromatic N) is 5. The maximum atomic E-state index is 6.71. The van der Waals surface area contributed by atoms with Crippen LogP contribution >= 0.6 is 11.6 Å². The van der Waals surface area contributed by atoms with Crippen molar-refractivity contribution in [3.63, 3.8) is 0 Å². The summed E-state index contributed by atoms with van der Waals surface area (Å²) in [6, 6.07) is 20.7. The molecular formula is C27H30ClN5O. The van der Waals surface area contributed by atoms with Crippen LogP contribution in [0.1, 0.15) is 43.3 Å². The van der Waals surface area contributed by atoms with Crippen LogP contribution in [0.15, 0.2) is 65.8 Å². The van der Waals surface area contributed by atoms with E-state index in [4.69, 9.17) is 31.4 Å².